The van der Waals surface area contributed by atoms with E-state index in [9.17, 15) is 4.79 Å². The van der Waals surface area contributed by atoms with Gasteiger partial charge in [-0.05, 0) is 72.5 Å². The number of aryl methyl sites for hydroxylation is 1. The molecule has 0 unspecified atom stereocenters. The third kappa shape index (κ3) is 4.69. The molecule has 170 valence electrons. The van der Waals surface area contributed by atoms with Gasteiger partial charge < -0.3 is 5.32 Å². The summed E-state index contributed by atoms with van der Waals surface area (Å²) in [6.07, 6.45) is 7.52. The Balaban J connectivity index is 1.33. The maximum absolute atomic E-state index is 12.9. The third-order valence-electron chi connectivity index (χ3n) is 5.94. The Labute approximate surface area is 200 Å². The normalized spacial score (nSPS) is 14.6. The van der Waals surface area contributed by atoms with Crippen LogP contribution >= 0.6 is 15.9 Å². The fourth-order valence-corrected chi connectivity index (χ4v) is 4.70. The van der Waals surface area contributed by atoms with Crippen LogP contribution < -0.4 is 5.32 Å². The summed E-state index contributed by atoms with van der Waals surface area (Å²) in [5.41, 5.74) is 4.42. The first-order valence-electron chi connectivity index (χ1n) is 11.3. The van der Waals surface area contributed by atoms with E-state index in [1.165, 1.54) is 24.8 Å². The molecule has 5 rings (SSSR count). The summed E-state index contributed by atoms with van der Waals surface area (Å²) >= 11 is 3.57. The summed E-state index contributed by atoms with van der Waals surface area (Å²) < 4.78 is 4.37. The predicted octanol–water partition coefficient (Wildman–Crippen LogP) is 4.61. The van der Waals surface area contributed by atoms with E-state index in [4.69, 9.17) is 0 Å². The van der Waals surface area contributed by atoms with E-state index in [1.54, 1.807) is 16.8 Å². The molecule has 33 heavy (non-hydrogen) atoms. The minimum atomic E-state index is -0.270. The molecule has 8 nitrogen and oxygen atoms in total. The lowest BCUT2D eigenvalue weighted by Gasteiger charge is -2.26. The molecule has 3 aromatic heterocycles. The SMILES string of the molecule is CCn1cc(Br)c(-c2ccnc3cc(C(=O)Nc4ccc(CN5CCCCC5)cc4)nn23)n1. The maximum Gasteiger partial charge on any atom is 0.276 e. The average Bonchev–Trinajstić information content (AvgIpc) is 3.44. The van der Waals surface area contributed by atoms with Crippen molar-refractivity contribution in [2.75, 3.05) is 18.4 Å². The number of likely N-dealkylation sites (tertiary alicyclic amines) is 1. The smallest absolute Gasteiger partial charge is 0.276 e. The van der Waals surface area contributed by atoms with Gasteiger partial charge in [-0.3, -0.25) is 14.4 Å². The summed E-state index contributed by atoms with van der Waals surface area (Å²) in [6.45, 7) is 6.08. The van der Waals surface area contributed by atoms with Gasteiger partial charge in [0.1, 0.15) is 5.69 Å². The fourth-order valence-electron chi connectivity index (χ4n) is 4.18. The molecular formula is C24H26BrN7O. The van der Waals surface area contributed by atoms with Crippen molar-refractivity contribution in [2.45, 2.75) is 39.3 Å². The molecule has 0 spiro atoms. The van der Waals surface area contributed by atoms with Crippen molar-refractivity contribution >= 4 is 33.2 Å². The largest absolute Gasteiger partial charge is 0.321 e. The van der Waals surface area contributed by atoms with Crippen LogP contribution in [-0.2, 0) is 13.1 Å². The monoisotopic (exact) mass is 507 g/mol. The number of nitrogens with one attached hydrogen (secondary N) is 1. The number of anilines is 1. The minimum absolute atomic E-state index is 0.270. The van der Waals surface area contributed by atoms with Gasteiger partial charge in [0.15, 0.2) is 11.3 Å². The Kier molecular flexibility index (Phi) is 6.24. The number of carbonyl (C=O) groups is 1. The summed E-state index contributed by atoms with van der Waals surface area (Å²) in [5.74, 6) is -0.270. The molecule has 1 amide bonds. The average molecular weight is 508 g/mol. The van der Waals surface area contributed by atoms with Crippen LogP contribution in [0, 0.1) is 0 Å². The first kappa shape index (κ1) is 21.8. The van der Waals surface area contributed by atoms with Crippen LogP contribution in [0.3, 0.4) is 0 Å². The molecule has 4 heterocycles. The Bertz CT molecular complexity index is 1270. The summed E-state index contributed by atoms with van der Waals surface area (Å²) in [5, 5.41) is 12.1. The number of halogens is 1. The second-order valence-electron chi connectivity index (χ2n) is 8.30. The first-order chi connectivity index (χ1) is 16.1. The minimum Gasteiger partial charge on any atom is -0.321 e. The number of amides is 1. The van der Waals surface area contributed by atoms with Gasteiger partial charge in [-0.25, -0.2) is 9.50 Å². The molecule has 0 aliphatic carbocycles. The summed E-state index contributed by atoms with van der Waals surface area (Å²) in [7, 11) is 0. The Hall–Kier alpha value is -3.04. The topological polar surface area (TPSA) is 80.4 Å². The Morgan fingerprint density at radius 3 is 2.61 bits per heavy atom. The highest BCUT2D eigenvalue weighted by molar-refractivity contribution is 9.10. The van der Waals surface area contributed by atoms with E-state index in [1.807, 2.05) is 36.0 Å². The lowest BCUT2D eigenvalue weighted by Crippen LogP contribution is -2.29. The molecule has 1 aliphatic heterocycles. The number of fused-ring (bicyclic) bond motifs is 1. The number of hydrogen-bond acceptors (Lipinski definition) is 5. The molecular weight excluding hydrogens is 482 g/mol. The molecule has 0 saturated carbocycles. The molecule has 0 bridgehead atoms. The quantitative estimate of drug-likeness (QED) is 0.412. The van der Waals surface area contributed by atoms with Crippen molar-refractivity contribution in [1.82, 2.24) is 29.3 Å². The number of aromatic nitrogens is 5. The van der Waals surface area contributed by atoms with Crippen molar-refractivity contribution < 1.29 is 4.79 Å². The van der Waals surface area contributed by atoms with Crippen molar-refractivity contribution in [3.8, 4) is 11.4 Å². The van der Waals surface area contributed by atoms with Gasteiger partial charge in [-0.1, -0.05) is 18.6 Å². The van der Waals surface area contributed by atoms with Crippen LogP contribution in [0.5, 0.6) is 0 Å². The second kappa shape index (κ2) is 9.44. The molecule has 9 heteroatoms. The standard InChI is InChI=1S/C24H26BrN7O/c1-2-31-16-19(25)23(29-31)21-10-11-26-22-14-20(28-32(21)22)24(33)27-18-8-6-17(7-9-18)15-30-12-4-3-5-13-30/h6-11,14,16H,2-5,12-13,15H2,1H3,(H,27,33). The second-order valence-corrected chi connectivity index (χ2v) is 9.15. The lowest BCUT2D eigenvalue weighted by molar-refractivity contribution is 0.102. The number of nitrogens with zero attached hydrogens (tertiary/aromatic N) is 6. The molecule has 1 aliphatic rings. The van der Waals surface area contributed by atoms with Gasteiger partial charge in [0.05, 0.1) is 10.2 Å². The van der Waals surface area contributed by atoms with Crippen molar-refractivity contribution in [1.29, 1.82) is 0 Å². The van der Waals surface area contributed by atoms with Gasteiger partial charge in [0.25, 0.3) is 5.91 Å². The van der Waals surface area contributed by atoms with Crippen LogP contribution in [0.2, 0.25) is 0 Å². The van der Waals surface area contributed by atoms with Crippen LogP contribution in [0.25, 0.3) is 17.0 Å². The highest BCUT2D eigenvalue weighted by Gasteiger charge is 2.18. The third-order valence-corrected chi connectivity index (χ3v) is 6.52. The van der Waals surface area contributed by atoms with E-state index in [0.717, 1.165) is 47.7 Å². The van der Waals surface area contributed by atoms with Crippen LogP contribution in [-0.4, -0.2) is 48.3 Å². The summed E-state index contributed by atoms with van der Waals surface area (Å²) in [4.78, 5) is 19.8. The fraction of sp³-hybridized carbons (Fsp3) is 0.333. The number of piperidine rings is 1. The molecule has 1 saturated heterocycles. The molecule has 4 aromatic rings. The van der Waals surface area contributed by atoms with Crippen LogP contribution in [0.15, 0.2) is 53.3 Å². The molecule has 1 fully saturated rings. The maximum atomic E-state index is 12.9. The zero-order valence-corrected chi connectivity index (χ0v) is 20.1. The highest BCUT2D eigenvalue weighted by atomic mass is 79.9. The number of hydrogen-bond donors (Lipinski definition) is 1. The Morgan fingerprint density at radius 1 is 1.09 bits per heavy atom. The summed E-state index contributed by atoms with van der Waals surface area (Å²) in [6, 6.07) is 11.6. The van der Waals surface area contributed by atoms with E-state index in [-0.39, 0.29) is 5.91 Å². The van der Waals surface area contributed by atoms with E-state index >= 15 is 0 Å². The highest BCUT2D eigenvalue weighted by Crippen LogP contribution is 2.27. The van der Waals surface area contributed by atoms with Crippen LogP contribution in [0.4, 0.5) is 5.69 Å². The van der Waals surface area contributed by atoms with E-state index < -0.39 is 0 Å². The first-order valence-corrected chi connectivity index (χ1v) is 12.1. The zero-order chi connectivity index (χ0) is 22.8. The van der Waals surface area contributed by atoms with Gasteiger partial charge in [0.2, 0.25) is 0 Å². The van der Waals surface area contributed by atoms with Crippen molar-refractivity contribution in [2.24, 2.45) is 0 Å². The van der Waals surface area contributed by atoms with Crippen molar-refractivity contribution in [3.63, 3.8) is 0 Å². The van der Waals surface area contributed by atoms with E-state index in [0.29, 0.717) is 11.3 Å². The molecule has 1 N–H and O–H groups in total. The number of rotatable bonds is 6. The predicted molar refractivity (Wildman–Crippen MR) is 131 cm³/mol. The van der Waals surface area contributed by atoms with E-state index in [2.05, 4.69) is 53.5 Å². The van der Waals surface area contributed by atoms with Gasteiger partial charge in [-0.2, -0.15) is 10.2 Å². The Morgan fingerprint density at radius 2 is 1.88 bits per heavy atom. The van der Waals surface area contributed by atoms with Gasteiger partial charge >= 0.3 is 0 Å². The molecule has 0 radical (unpaired) electrons. The van der Waals surface area contributed by atoms with Crippen molar-refractivity contribution in [3.05, 3.63) is 64.5 Å². The molecule has 1 aromatic carbocycles. The van der Waals surface area contributed by atoms with Gasteiger partial charge in [-0.15, -0.1) is 0 Å². The number of carbonyl (C=O) groups excluding carboxylic acids is 1. The lowest BCUT2D eigenvalue weighted by atomic mass is 10.1. The molecule has 0 atom stereocenters. The zero-order valence-electron chi connectivity index (χ0n) is 18.5. The van der Waals surface area contributed by atoms with Crippen LogP contribution in [0.1, 0.15) is 42.2 Å². The van der Waals surface area contributed by atoms with Gasteiger partial charge in [0, 0.05) is 37.2 Å². The number of benzene rings is 1.